The fourth-order valence-electron chi connectivity index (χ4n) is 1.52. The van der Waals surface area contributed by atoms with Crippen LogP contribution in [0, 0.1) is 0 Å². The third kappa shape index (κ3) is 4.79. The van der Waals surface area contributed by atoms with Crippen LogP contribution in [0.2, 0.25) is 0 Å². The van der Waals surface area contributed by atoms with Crippen molar-refractivity contribution >= 4 is 17.7 Å². The first kappa shape index (κ1) is 14.1. The standard InChI is InChI=1S/C13H19NO2S/c1-10(9-15)17-12(13(16)14-2)8-11-6-4-3-5-7-11/h3-7,10,12,15H,8-9H2,1-2H3,(H,14,16)/t10-,12+/m0/s1. The Labute approximate surface area is 107 Å². The number of carbonyl (C=O) groups is 1. The highest BCUT2D eigenvalue weighted by Gasteiger charge is 2.20. The van der Waals surface area contributed by atoms with Gasteiger partial charge in [-0.05, 0) is 12.0 Å². The molecular weight excluding hydrogens is 234 g/mol. The van der Waals surface area contributed by atoms with Gasteiger partial charge in [-0.15, -0.1) is 11.8 Å². The van der Waals surface area contributed by atoms with Crippen LogP contribution in [0.4, 0.5) is 0 Å². The highest BCUT2D eigenvalue weighted by atomic mass is 32.2. The Kier molecular flexibility index (Phi) is 6.08. The van der Waals surface area contributed by atoms with Gasteiger partial charge < -0.3 is 10.4 Å². The first-order valence-electron chi connectivity index (χ1n) is 5.69. The molecule has 0 heterocycles. The van der Waals surface area contributed by atoms with Crippen LogP contribution in [0.1, 0.15) is 12.5 Å². The number of aliphatic hydroxyl groups excluding tert-OH is 1. The summed E-state index contributed by atoms with van der Waals surface area (Å²) >= 11 is 1.51. The summed E-state index contributed by atoms with van der Waals surface area (Å²) in [5, 5.41) is 11.6. The van der Waals surface area contributed by atoms with Crippen LogP contribution < -0.4 is 5.32 Å². The van der Waals surface area contributed by atoms with Crippen molar-refractivity contribution in [1.82, 2.24) is 5.32 Å². The zero-order chi connectivity index (χ0) is 12.7. The first-order chi connectivity index (χ1) is 8.17. The molecule has 0 saturated heterocycles. The van der Waals surface area contributed by atoms with Crippen LogP contribution in [0.3, 0.4) is 0 Å². The molecule has 0 saturated carbocycles. The molecule has 0 aliphatic rings. The van der Waals surface area contributed by atoms with Gasteiger partial charge in [0, 0.05) is 12.3 Å². The molecule has 1 rings (SSSR count). The van der Waals surface area contributed by atoms with Crippen LogP contribution in [0.25, 0.3) is 0 Å². The summed E-state index contributed by atoms with van der Waals surface area (Å²) in [4.78, 5) is 11.8. The monoisotopic (exact) mass is 253 g/mol. The quantitative estimate of drug-likeness (QED) is 0.807. The Hall–Kier alpha value is -1.00. The van der Waals surface area contributed by atoms with Gasteiger partial charge in [-0.25, -0.2) is 0 Å². The van der Waals surface area contributed by atoms with Crippen molar-refractivity contribution in [3.05, 3.63) is 35.9 Å². The maximum absolute atomic E-state index is 11.8. The summed E-state index contributed by atoms with van der Waals surface area (Å²) in [6.07, 6.45) is 0.690. The van der Waals surface area contributed by atoms with E-state index in [0.717, 1.165) is 5.56 Å². The molecular formula is C13H19NO2S. The highest BCUT2D eigenvalue weighted by Crippen LogP contribution is 2.21. The normalized spacial score (nSPS) is 14.1. The lowest BCUT2D eigenvalue weighted by Crippen LogP contribution is -2.32. The third-order valence-corrected chi connectivity index (χ3v) is 3.78. The summed E-state index contributed by atoms with van der Waals surface area (Å²) in [6, 6.07) is 9.93. The maximum Gasteiger partial charge on any atom is 0.233 e. The SMILES string of the molecule is CNC(=O)[C@@H](Cc1ccccc1)S[C@@H](C)CO. The van der Waals surface area contributed by atoms with Crippen molar-refractivity contribution in [2.75, 3.05) is 13.7 Å². The number of hydrogen-bond acceptors (Lipinski definition) is 3. The average molecular weight is 253 g/mol. The number of amides is 1. The molecule has 0 radical (unpaired) electrons. The van der Waals surface area contributed by atoms with Gasteiger partial charge in [-0.2, -0.15) is 0 Å². The van der Waals surface area contributed by atoms with Gasteiger partial charge in [0.15, 0.2) is 0 Å². The van der Waals surface area contributed by atoms with Gasteiger partial charge in [0.2, 0.25) is 5.91 Å². The molecule has 1 aromatic carbocycles. The molecule has 0 aliphatic heterocycles. The third-order valence-electron chi connectivity index (χ3n) is 2.46. The fraction of sp³-hybridized carbons (Fsp3) is 0.462. The number of benzene rings is 1. The zero-order valence-corrected chi connectivity index (χ0v) is 11.0. The Morgan fingerprint density at radius 3 is 2.59 bits per heavy atom. The highest BCUT2D eigenvalue weighted by molar-refractivity contribution is 8.01. The molecule has 4 heteroatoms. The summed E-state index contributed by atoms with van der Waals surface area (Å²) in [6.45, 7) is 2.01. The average Bonchev–Trinajstić information content (AvgIpc) is 2.38. The molecule has 0 fully saturated rings. The summed E-state index contributed by atoms with van der Waals surface area (Å²) in [5.74, 6) is 0.0131. The van der Waals surface area contributed by atoms with Crippen molar-refractivity contribution < 1.29 is 9.90 Å². The lowest BCUT2D eigenvalue weighted by atomic mass is 10.1. The first-order valence-corrected chi connectivity index (χ1v) is 6.63. The van der Waals surface area contributed by atoms with Crippen molar-refractivity contribution in [3.63, 3.8) is 0 Å². The predicted molar refractivity (Wildman–Crippen MR) is 72.1 cm³/mol. The molecule has 0 bridgehead atoms. The lowest BCUT2D eigenvalue weighted by Gasteiger charge is -2.18. The molecule has 1 amide bonds. The second-order valence-corrected chi connectivity index (χ2v) is 5.57. The number of thioether (sulfide) groups is 1. The molecule has 2 atom stereocenters. The van der Waals surface area contributed by atoms with Crippen LogP contribution in [0.5, 0.6) is 0 Å². The summed E-state index contributed by atoms with van der Waals surface area (Å²) in [5.41, 5.74) is 1.14. The number of hydrogen-bond donors (Lipinski definition) is 2. The molecule has 1 aromatic rings. The van der Waals surface area contributed by atoms with Gasteiger partial charge in [-0.1, -0.05) is 37.3 Å². The van der Waals surface area contributed by atoms with Crippen molar-refractivity contribution in [3.8, 4) is 0 Å². The van der Waals surface area contributed by atoms with E-state index in [9.17, 15) is 4.79 Å². The van der Waals surface area contributed by atoms with E-state index in [-0.39, 0.29) is 23.0 Å². The molecule has 17 heavy (non-hydrogen) atoms. The van der Waals surface area contributed by atoms with E-state index in [1.807, 2.05) is 37.3 Å². The number of aliphatic hydroxyl groups is 1. The Morgan fingerprint density at radius 2 is 2.06 bits per heavy atom. The molecule has 2 N–H and O–H groups in total. The molecule has 3 nitrogen and oxygen atoms in total. The Morgan fingerprint density at radius 1 is 1.41 bits per heavy atom. The van der Waals surface area contributed by atoms with Crippen LogP contribution >= 0.6 is 11.8 Å². The van der Waals surface area contributed by atoms with E-state index >= 15 is 0 Å². The predicted octanol–water partition coefficient (Wildman–Crippen LogP) is 1.46. The zero-order valence-electron chi connectivity index (χ0n) is 10.2. The maximum atomic E-state index is 11.8. The minimum Gasteiger partial charge on any atom is -0.395 e. The van der Waals surface area contributed by atoms with Gasteiger partial charge >= 0.3 is 0 Å². The second-order valence-electron chi connectivity index (χ2n) is 3.92. The van der Waals surface area contributed by atoms with E-state index in [1.54, 1.807) is 7.05 Å². The van der Waals surface area contributed by atoms with E-state index in [4.69, 9.17) is 5.11 Å². The lowest BCUT2D eigenvalue weighted by molar-refractivity contribution is -0.120. The Balaban J connectivity index is 2.67. The van der Waals surface area contributed by atoms with Gasteiger partial charge in [0.05, 0.1) is 11.9 Å². The van der Waals surface area contributed by atoms with Crippen molar-refractivity contribution in [2.24, 2.45) is 0 Å². The van der Waals surface area contributed by atoms with E-state index < -0.39 is 0 Å². The van der Waals surface area contributed by atoms with E-state index in [2.05, 4.69) is 5.32 Å². The van der Waals surface area contributed by atoms with Crippen LogP contribution in [-0.4, -0.2) is 35.2 Å². The summed E-state index contributed by atoms with van der Waals surface area (Å²) < 4.78 is 0. The summed E-state index contributed by atoms with van der Waals surface area (Å²) in [7, 11) is 1.64. The topological polar surface area (TPSA) is 49.3 Å². The van der Waals surface area contributed by atoms with Crippen LogP contribution in [-0.2, 0) is 11.2 Å². The molecule has 0 unspecified atom stereocenters. The number of nitrogens with one attached hydrogen (secondary N) is 1. The number of rotatable bonds is 6. The van der Waals surface area contributed by atoms with E-state index in [0.29, 0.717) is 6.42 Å². The number of carbonyl (C=O) groups excluding carboxylic acids is 1. The molecule has 0 aliphatic carbocycles. The van der Waals surface area contributed by atoms with Crippen molar-refractivity contribution in [2.45, 2.75) is 23.8 Å². The minimum absolute atomic E-state index is 0.0131. The van der Waals surface area contributed by atoms with Crippen molar-refractivity contribution in [1.29, 1.82) is 0 Å². The molecule has 0 spiro atoms. The molecule has 94 valence electrons. The minimum atomic E-state index is -0.149. The van der Waals surface area contributed by atoms with Crippen LogP contribution in [0.15, 0.2) is 30.3 Å². The molecule has 0 aromatic heterocycles. The van der Waals surface area contributed by atoms with Gasteiger partial charge in [0.1, 0.15) is 0 Å². The smallest absolute Gasteiger partial charge is 0.233 e. The van der Waals surface area contributed by atoms with Gasteiger partial charge in [-0.3, -0.25) is 4.79 Å². The Bertz CT molecular complexity index is 343. The largest absolute Gasteiger partial charge is 0.395 e. The van der Waals surface area contributed by atoms with E-state index in [1.165, 1.54) is 11.8 Å². The fourth-order valence-corrected chi connectivity index (χ4v) is 2.69. The second kappa shape index (κ2) is 7.35. The van der Waals surface area contributed by atoms with Gasteiger partial charge in [0.25, 0.3) is 0 Å².